The number of carbonyl (C=O) groups is 1. The Labute approximate surface area is 173 Å². The number of piperazine rings is 1. The maximum atomic E-state index is 13.2. The van der Waals surface area contributed by atoms with Crippen LogP contribution in [0.2, 0.25) is 0 Å². The molecule has 29 heavy (non-hydrogen) atoms. The van der Waals surface area contributed by atoms with E-state index in [2.05, 4.69) is 24.3 Å². The molecule has 1 saturated heterocycles. The van der Waals surface area contributed by atoms with Crippen LogP contribution in [-0.2, 0) is 19.5 Å². The molecule has 6 nitrogen and oxygen atoms in total. The molecule has 0 bridgehead atoms. The highest BCUT2D eigenvalue weighted by molar-refractivity contribution is 7.20. The Morgan fingerprint density at radius 3 is 2.69 bits per heavy atom. The van der Waals surface area contributed by atoms with Gasteiger partial charge in [-0.1, -0.05) is 30.3 Å². The maximum Gasteiger partial charge on any atom is 0.264 e. The number of carbonyl (C=O) groups excluding carboxylic acids is 1. The van der Waals surface area contributed by atoms with Gasteiger partial charge in [0.25, 0.3) is 11.5 Å². The van der Waals surface area contributed by atoms with E-state index in [4.69, 9.17) is 4.98 Å². The molecule has 1 amide bonds. The lowest BCUT2D eigenvalue weighted by molar-refractivity contribution is -0.917. The summed E-state index contributed by atoms with van der Waals surface area (Å²) in [6.45, 7) is 7.02. The van der Waals surface area contributed by atoms with Crippen LogP contribution in [0.25, 0.3) is 10.2 Å². The average molecular weight is 410 g/mol. The molecule has 0 spiro atoms. The zero-order valence-electron chi connectivity index (χ0n) is 16.6. The Morgan fingerprint density at radius 1 is 1.17 bits per heavy atom. The number of quaternary nitrogens is 1. The number of rotatable bonds is 3. The van der Waals surface area contributed by atoms with Crippen molar-refractivity contribution in [2.45, 2.75) is 32.9 Å². The van der Waals surface area contributed by atoms with E-state index in [0.717, 1.165) is 68.3 Å². The third kappa shape index (κ3) is 3.28. The third-order valence-electron chi connectivity index (χ3n) is 6.16. The summed E-state index contributed by atoms with van der Waals surface area (Å²) in [6, 6.07) is 10.5. The summed E-state index contributed by atoms with van der Waals surface area (Å²) in [4.78, 5) is 35.6. The fourth-order valence-electron chi connectivity index (χ4n) is 4.51. The molecule has 1 aromatic carbocycles. The number of hydrogen-bond acceptors (Lipinski definition) is 4. The first-order chi connectivity index (χ1) is 14.1. The van der Waals surface area contributed by atoms with Gasteiger partial charge >= 0.3 is 0 Å². The van der Waals surface area contributed by atoms with Crippen LogP contribution in [0.5, 0.6) is 0 Å². The highest BCUT2D eigenvalue weighted by atomic mass is 32.1. The van der Waals surface area contributed by atoms with Crippen LogP contribution in [0.1, 0.15) is 33.0 Å². The van der Waals surface area contributed by atoms with Gasteiger partial charge in [-0.25, -0.2) is 4.98 Å². The quantitative estimate of drug-likeness (QED) is 0.708. The van der Waals surface area contributed by atoms with Crippen molar-refractivity contribution >= 4 is 27.5 Å². The van der Waals surface area contributed by atoms with Gasteiger partial charge in [-0.2, -0.15) is 0 Å². The molecule has 0 atom stereocenters. The van der Waals surface area contributed by atoms with E-state index in [0.29, 0.717) is 10.3 Å². The minimum absolute atomic E-state index is 0.0208. The van der Waals surface area contributed by atoms with Gasteiger partial charge in [-0.3, -0.25) is 14.2 Å². The van der Waals surface area contributed by atoms with Crippen LogP contribution in [0, 0.1) is 6.92 Å². The first kappa shape index (κ1) is 18.5. The molecule has 0 unspecified atom stereocenters. The first-order valence-corrected chi connectivity index (χ1v) is 11.1. The van der Waals surface area contributed by atoms with Gasteiger partial charge < -0.3 is 9.80 Å². The van der Waals surface area contributed by atoms with Gasteiger partial charge in [0.05, 0.1) is 36.4 Å². The van der Waals surface area contributed by atoms with E-state index in [-0.39, 0.29) is 11.5 Å². The summed E-state index contributed by atoms with van der Waals surface area (Å²) in [6.07, 6.45) is 1.82. The molecular formula is C22H25N4O2S+. The van der Waals surface area contributed by atoms with Crippen LogP contribution < -0.4 is 10.5 Å². The summed E-state index contributed by atoms with van der Waals surface area (Å²) in [5.41, 5.74) is 2.16. The highest BCUT2D eigenvalue weighted by Crippen LogP contribution is 2.29. The Bertz CT molecular complexity index is 1130. The van der Waals surface area contributed by atoms with Crippen molar-refractivity contribution in [3.05, 3.63) is 62.5 Å². The molecule has 0 saturated carbocycles. The molecule has 1 N–H and O–H groups in total. The lowest BCUT2D eigenvalue weighted by Crippen LogP contribution is -3.13. The maximum absolute atomic E-state index is 13.2. The molecule has 2 aliphatic rings. The molecular weight excluding hydrogens is 384 g/mol. The van der Waals surface area contributed by atoms with Crippen molar-refractivity contribution in [3.8, 4) is 0 Å². The average Bonchev–Trinajstić information content (AvgIpc) is 3.34. The van der Waals surface area contributed by atoms with Gasteiger partial charge in [-0.15, -0.1) is 11.3 Å². The van der Waals surface area contributed by atoms with Crippen LogP contribution in [0.3, 0.4) is 0 Å². The van der Waals surface area contributed by atoms with Gasteiger partial charge in [0.2, 0.25) is 0 Å². The van der Waals surface area contributed by atoms with Gasteiger partial charge in [0.1, 0.15) is 17.2 Å². The highest BCUT2D eigenvalue weighted by Gasteiger charge is 2.29. The van der Waals surface area contributed by atoms with E-state index in [1.165, 1.54) is 21.8 Å². The lowest BCUT2D eigenvalue weighted by atomic mass is 10.1. The molecule has 0 aliphatic carbocycles. The second-order valence-corrected chi connectivity index (χ2v) is 9.03. The van der Waals surface area contributed by atoms with E-state index >= 15 is 0 Å². The Morgan fingerprint density at radius 2 is 1.93 bits per heavy atom. The Balaban J connectivity index is 1.34. The number of thiophene rings is 1. The number of nitrogens with one attached hydrogen (secondary N) is 1. The van der Waals surface area contributed by atoms with Crippen molar-refractivity contribution in [3.63, 3.8) is 0 Å². The Kier molecular flexibility index (Phi) is 4.72. The number of amides is 1. The molecule has 4 heterocycles. The minimum atomic E-state index is 0.0208. The molecule has 150 valence electrons. The molecule has 3 aromatic rings. The monoisotopic (exact) mass is 409 g/mol. The van der Waals surface area contributed by atoms with Crippen molar-refractivity contribution in [1.29, 1.82) is 0 Å². The molecule has 5 rings (SSSR count). The summed E-state index contributed by atoms with van der Waals surface area (Å²) in [5.74, 6) is 0.912. The first-order valence-electron chi connectivity index (χ1n) is 10.3. The molecule has 7 heteroatoms. The van der Waals surface area contributed by atoms with Crippen molar-refractivity contribution < 1.29 is 9.69 Å². The van der Waals surface area contributed by atoms with E-state index in [9.17, 15) is 9.59 Å². The second kappa shape index (κ2) is 7.39. The Hall–Kier alpha value is -2.51. The van der Waals surface area contributed by atoms with Gasteiger partial charge in [0, 0.05) is 18.5 Å². The number of aryl methyl sites for hydroxylation is 2. The SMILES string of the molecule is Cc1c(C(=O)N2CC[NH+](Cc3ccccc3)CC2)sc2nc3n(c(=O)c12)CCC3. The fraction of sp³-hybridized carbons (Fsp3) is 0.409. The molecule has 0 radical (unpaired) electrons. The molecule has 2 aliphatic heterocycles. The summed E-state index contributed by atoms with van der Waals surface area (Å²) < 4.78 is 1.78. The summed E-state index contributed by atoms with van der Waals surface area (Å²) >= 11 is 1.39. The van der Waals surface area contributed by atoms with Crippen LogP contribution >= 0.6 is 11.3 Å². The lowest BCUT2D eigenvalue weighted by Gasteiger charge is -2.32. The number of aromatic nitrogens is 2. The standard InChI is InChI=1S/C22H24N4O2S/c1-15-18-20(23-17-8-5-9-26(17)21(18)27)29-19(15)22(28)25-12-10-24(11-13-25)14-16-6-3-2-4-7-16/h2-4,6-7H,5,8-14H2,1H3/p+1. The predicted octanol–water partition coefficient (Wildman–Crippen LogP) is 1.25. The van der Waals surface area contributed by atoms with Crippen LogP contribution in [0.15, 0.2) is 35.1 Å². The van der Waals surface area contributed by atoms with E-state index in [1.54, 1.807) is 4.57 Å². The zero-order valence-corrected chi connectivity index (χ0v) is 17.4. The summed E-state index contributed by atoms with van der Waals surface area (Å²) in [5, 5.41) is 0.636. The normalized spacial score (nSPS) is 17.1. The third-order valence-corrected chi connectivity index (χ3v) is 7.33. The molecule has 2 aromatic heterocycles. The topological polar surface area (TPSA) is 59.6 Å². The fourth-order valence-corrected chi connectivity index (χ4v) is 5.67. The molecule has 1 fully saturated rings. The second-order valence-electron chi connectivity index (χ2n) is 8.03. The number of benzene rings is 1. The van der Waals surface area contributed by atoms with E-state index < -0.39 is 0 Å². The van der Waals surface area contributed by atoms with Crippen molar-refractivity contribution in [2.24, 2.45) is 0 Å². The number of nitrogens with zero attached hydrogens (tertiary/aromatic N) is 3. The smallest absolute Gasteiger partial charge is 0.264 e. The number of fused-ring (bicyclic) bond motifs is 2. The summed E-state index contributed by atoms with van der Waals surface area (Å²) in [7, 11) is 0. The van der Waals surface area contributed by atoms with Crippen LogP contribution in [0.4, 0.5) is 0 Å². The van der Waals surface area contributed by atoms with Crippen molar-refractivity contribution in [2.75, 3.05) is 26.2 Å². The largest absolute Gasteiger partial charge is 0.328 e. The van der Waals surface area contributed by atoms with Gasteiger partial charge in [-0.05, 0) is 18.9 Å². The van der Waals surface area contributed by atoms with Crippen LogP contribution in [-0.4, -0.2) is 46.5 Å². The van der Waals surface area contributed by atoms with Crippen molar-refractivity contribution in [1.82, 2.24) is 14.5 Å². The minimum Gasteiger partial charge on any atom is -0.328 e. The zero-order chi connectivity index (χ0) is 20.0. The number of hydrogen-bond donors (Lipinski definition) is 1. The van der Waals surface area contributed by atoms with E-state index in [1.807, 2.05) is 17.9 Å². The predicted molar refractivity (Wildman–Crippen MR) is 114 cm³/mol. The van der Waals surface area contributed by atoms with Gasteiger partial charge in [0.15, 0.2) is 0 Å².